The Bertz CT molecular complexity index is 1110. The minimum atomic E-state index is -0.714. The number of anilines is 1. The molecule has 1 aliphatic rings. The van der Waals surface area contributed by atoms with Crippen LogP contribution in [0.25, 0.3) is 10.8 Å². The Balaban J connectivity index is 1.64. The molecule has 2 amide bonds. The van der Waals surface area contributed by atoms with E-state index in [1.54, 1.807) is 24.3 Å². The van der Waals surface area contributed by atoms with Crippen LogP contribution in [0.1, 0.15) is 31.1 Å². The maximum absolute atomic E-state index is 13.0. The fourth-order valence-corrected chi connectivity index (χ4v) is 3.28. The Kier molecular flexibility index (Phi) is 4.56. The fourth-order valence-electron chi connectivity index (χ4n) is 3.28. The van der Waals surface area contributed by atoms with Crippen LogP contribution in [0.4, 0.5) is 5.69 Å². The number of ether oxygens (including phenoxy) is 2. The minimum Gasteiger partial charge on any atom is -0.466 e. The van der Waals surface area contributed by atoms with Crippen LogP contribution in [0.2, 0.25) is 0 Å². The molecule has 4 rings (SSSR count). The van der Waals surface area contributed by atoms with Crippen LogP contribution in [0, 0.1) is 0 Å². The van der Waals surface area contributed by atoms with Gasteiger partial charge in [-0.1, -0.05) is 24.3 Å². The third-order valence-electron chi connectivity index (χ3n) is 4.68. The van der Waals surface area contributed by atoms with E-state index in [-0.39, 0.29) is 5.56 Å². The Morgan fingerprint density at radius 2 is 1.45 bits per heavy atom. The summed E-state index contributed by atoms with van der Waals surface area (Å²) in [5.74, 6) is -2.25. The molecule has 0 aliphatic carbocycles. The van der Waals surface area contributed by atoms with Crippen LogP contribution in [-0.4, -0.2) is 37.5 Å². The summed E-state index contributed by atoms with van der Waals surface area (Å²) in [5, 5.41) is 1.47. The van der Waals surface area contributed by atoms with Crippen LogP contribution < -0.4 is 4.90 Å². The molecule has 0 saturated heterocycles. The second-order valence-corrected chi connectivity index (χ2v) is 6.35. The zero-order valence-corrected chi connectivity index (χ0v) is 15.4. The van der Waals surface area contributed by atoms with Gasteiger partial charge in [-0.3, -0.25) is 9.59 Å². The molecule has 7 nitrogen and oxygen atoms in total. The Labute approximate surface area is 165 Å². The van der Waals surface area contributed by atoms with Crippen molar-refractivity contribution in [1.82, 2.24) is 0 Å². The lowest BCUT2D eigenvalue weighted by Crippen LogP contribution is -2.40. The second-order valence-electron chi connectivity index (χ2n) is 6.35. The average molecular weight is 389 g/mol. The number of hydrogen-bond donors (Lipinski definition) is 0. The molecule has 0 unspecified atom stereocenters. The lowest BCUT2D eigenvalue weighted by Gasteiger charge is -2.27. The van der Waals surface area contributed by atoms with Gasteiger partial charge in [-0.2, -0.15) is 0 Å². The zero-order valence-electron chi connectivity index (χ0n) is 15.4. The number of benzene rings is 3. The zero-order chi connectivity index (χ0) is 20.5. The summed E-state index contributed by atoms with van der Waals surface area (Å²) in [7, 11) is 1.19. The average Bonchev–Trinajstić information content (AvgIpc) is 2.76. The first-order valence-electron chi connectivity index (χ1n) is 8.76. The van der Waals surface area contributed by atoms with Crippen LogP contribution in [0.15, 0.2) is 60.7 Å². The highest BCUT2D eigenvalue weighted by molar-refractivity contribution is 6.35. The third kappa shape index (κ3) is 3.12. The first-order valence-corrected chi connectivity index (χ1v) is 8.76. The molecule has 0 bridgehead atoms. The summed E-state index contributed by atoms with van der Waals surface area (Å²) in [6.45, 7) is -0.499. The van der Waals surface area contributed by atoms with E-state index in [1.165, 1.54) is 31.4 Å². The molecule has 3 aromatic carbocycles. The highest BCUT2D eigenvalue weighted by atomic mass is 16.6. The number of esters is 2. The molecule has 0 N–H and O–H groups in total. The van der Waals surface area contributed by atoms with Gasteiger partial charge in [0.2, 0.25) is 0 Å². The molecule has 0 spiro atoms. The predicted molar refractivity (Wildman–Crippen MR) is 104 cm³/mol. The first-order chi connectivity index (χ1) is 14.0. The van der Waals surface area contributed by atoms with Crippen molar-refractivity contribution in [2.24, 2.45) is 0 Å². The molecule has 144 valence electrons. The van der Waals surface area contributed by atoms with Gasteiger partial charge in [0.05, 0.1) is 18.4 Å². The number of hydrogen-bond acceptors (Lipinski definition) is 6. The van der Waals surface area contributed by atoms with E-state index in [2.05, 4.69) is 4.74 Å². The molecule has 0 aromatic heterocycles. The number of amides is 2. The van der Waals surface area contributed by atoms with E-state index in [4.69, 9.17) is 4.74 Å². The molecule has 0 radical (unpaired) electrons. The molecular weight excluding hydrogens is 374 g/mol. The molecule has 7 heteroatoms. The van der Waals surface area contributed by atoms with E-state index >= 15 is 0 Å². The molecule has 3 aromatic rings. The monoisotopic (exact) mass is 389 g/mol. The number of rotatable bonds is 4. The van der Waals surface area contributed by atoms with Gasteiger partial charge in [0.1, 0.15) is 0 Å². The number of carbonyl (C=O) groups excluding carboxylic acids is 4. The smallest absolute Gasteiger partial charge is 0.344 e. The topological polar surface area (TPSA) is 90.0 Å². The standard InChI is InChI=1S/C22H15NO6/c1-28-18(24)12-29-22(27)14-8-10-15(11-9-14)23-20(25)16-6-2-4-13-5-3-7-17(19(13)16)21(23)26/h2-11H,12H2,1H3. The minimum absolute atomic E-state index is 0.178. The number of nitrogens with zero attached hydrogens (tertiary/aromatic N) is 1. The highest BCUT2D eigenvalue weighted by Gasteiger charge is 2.33. The van der Waals surface area contributed by atoms with E-state index in [0.29, 0.717) is 22.2 Å². The van der Waals surface area contributed by atoms with E-state index in [9.17, 15) is 19.2 Å². The summed E-state index contributed by atoms with van der Waals surface area (Å²) in [4.78, 5) is 50.2. The molecule has 0 fully saturated rings. The Morgan fingerprint density at radius 1 is 0.862 bits per heavy atom. The van der Waals surface area contributed by atoms with Gasteiger partial charge >= 0.3 is 11.9 Å². The van der Waals surface area contributed by atoms with Crippen LogP contribution >= 0.6 is 0 Å². The summed E-state index contributed by atoms with van der Waals surface area (Å²) < 4.78 is 9.25. The van der Waals surface area contributed by atoms with E-state index in [1.807, 2.05) is 12.1 Å². The van der Waals surface area contributed by atoms with Gasteiger partial charge in [0, 0.05) is 16.5 Å². The van der Waals surface area contributed by atoms with Gasteiger partial charge in [-0.05, 0) is 41.8 Å². The molecule has 1 heterocycles. The van der Waals surface area contributed by atoms with Crippen molar-refractivity contribution < 1.29 is 28.7 Å². The molecular formula is C22H15NO6. The van der Waals surface area contributed by atoms with Gasteiger partial charge in [-0.15, -0.1) is 0 Å². The van der Waals surface area contributed by atoms with Crippen LogP contribution in [-0.2, 0) is 14.3 Å². The third-order valence-corrected chi connectivity index (χ3v) is 4.68. The van der Waals surface area contributed by atoms with Crippen molar-refractivity contribution in [2.75, 3.05) is 18.6 Å². The molecule has 1 aliphatic heterocycles. The summed E-state index contributed by atoms with van der Waals surface area (Å²) >= 11 is 0. The number of methoxy groups -OCH3 is 1. The predicted octanol–water partition coefficient (Wildman–Crippen LogP) is 2.97. The number of carbonyl (C=O) groups is 4. The lowest BCUT2D eigenvalue weighted by molar-refractivity contribution is -0.144. The van der Waals surface area contributed by atoms with Gasteiger partial charge in [-0.25, -0.2) is 14.5 Å². The largest absolute Gasteiger partial charge is 0.466 e. The SMILES string of the molecule is COC(=O)COC(=O)c1ccc(N2C(=O)c3cccc4cccc(c34)C2=O)cc1. The van der Waals surface area contributed by atoms with Crippen molar-refractivity contribution in [2.45, 2.75) is 0 Å². The normalized spacial score (nSPS) is 12.8. The molecule has 29 heavy (non-hydrogen) atoms. The summed E-state index contributed by atoms with van der Waals surface area (Å²) in [5.41, 5.74) is 1.40. The number of imide groups is 1. The summed E-state index contributed by atoms with van der Waals surface area (Å²) in [6.07, 6.45) is 0. The summed E-state index contributed by atoms with van der Waals surface area (Å²) in [6, 6.07) is 16.4. The van der Waals surface area contributed by atoms with Crippen molar-refractivity contribution in [3.63, 3.8) is 0 Å². The molecule has 0 saturated carbocycles. The van der Waals surface area contributed by atoms with Gasteiger partial charge in [0.25, 0.3) is 11.8 Å². The quantitative estimate of drug-likeness (QED) is 0.503. The second kappa shape index (κ2) is 7.20. The van der Waals surface area contributed by atoms with E-state index in [0.717, 1.165) is 10.3 Å². The van der Waals surface area contributed by atoms with Gasteiger partial charge < -0.3 is 9.47 Å². The lowest BCUT2D eigenvalue weighted by atomic mass is 9.94. The van der Waals surface area contributed by atoms with E-state index < -0.39 is 30.4 Å². The maximum atomic E-state index is 13.0. The molecule has 0 atom stereocenters. The van der Waals surface area contributed by atoms with Crippen molar-refractivity contribution in [3.8, 4) is 0 Å². The fraction of sp³-hybridized carbons (Fsp3) is 0.0909. The maximum Gasteiger partial charge on any atom is 0.344 e. The Hall–Kier alpha value is -4.00. The van der Waals surface area contributed by atoms with Crippen molar-refractivity contribution in [3.05, 3.63) is 77.4 Å². The van der Waals surface area contributed by atoms with Crippen molar-refractivity contribution >= 4 is 40.2 Å². The van der Waals surface area contributed by atoms with Crippen molar-refractivity contribution in [1.29, 1.82) is 0 Å². The van der Waals surface area contributed by atoms with Crippen LogP contribution in [0.5, 0.6) is 0 Å². The Morgan fingerprint density at radius 3 is 2.00 bits per heavy atom. The van der Waals surface area contributed by atoms with Crippen LogP contribution in [0.3, 0.4) is 0 Å². The first kappa shape index (κ1) is 18.4. The van der Waals surface area contributed by atoms with Gasteiger partial charge in [0.15, 0.2) is 6.61 Å². The highest BCUT2D eigenvalue weighted by Crippen LogP contribution is 2.32.